The molecule has 1 N–H and O–H groups in total. The van der Waals surface area contributed by atoms with Crippen molar-refractivity contribution in [2.45, 2.75) is 51.4 Å². The van der Waals surface area contributed by atoms with Gasteiger partial charge in [0, 0.05) is 39.3 Å². The van der Waals surface area contributed by atoms with Crippen molar-refractivity contribution in [2.75, 3.05) is 39.3 Å². The van der Waals surface area contributed by atoms with E-state index in [2.05, 4.69) is 9.80 Å². The lowest BCUT2D eigenvalue weighted by Crippen LogP contribution is -2.51. The predicted octanol–water partition coefficient (Wildman–Crippen LogP) is 2.44. The highest BCUT2D eigenvalue weighted by molar-refractivity contribution is 5.75. The molecular formula is C17H30N2O2. The average molecular weight is 294 g/mol. The van der Waals surface area contributed by atoms with Crippen molar-refractivity contribution in [3.05, 3.63) is 0 Å². The Labute approximate surface area is 128 Å². The van der Waals surface area contributed by atoms with E-state index in [9.17, 15) is 9.90 Å². The van der Waals surface area contributed by atoms with E-state index in [1.165, 1.54) is 32.2 Å². The second-order valence-corrected chi connectivity index (χ2v) is 7.52. The third-order valence-corrected chi connectivity index (χ3v) is 5.72. The van der Waals surface area contributed by atoms with Gasteiger partial charge in [0.15, 0.2) is 0 Å². The van der Waals surface area contributed by atoms with E-state index in [1.807, 2.05) is 0 Å². The maximum atomic E-state index is 11.9. The fourth-order valence-electron chi connectivity index (χ4n) is 4.07. The summed E-state index contributed by atoms with van der Waals surface area (Å²) < 4.78 is 0. The fourth-order valence-corrected chi connectivity index (χ4v) is 4.07. The van der Waals surface area contributed by atoms with Gasteiger partial charge in [-0.15, -0.1) is 0 Å². The van der Waals surface area contributed by atoms with Gasteiger partial charge in [-0.25, -0.2) is 0 Å². The first kappa shape index (κ1) is 15.3. The molecule has 3 rings (SSSR count). The highest BCUT2D eigenvalue weighted by Gasteiger charge is 2.40. The molecular weight excluding hydrogens is 264 g/mol. The largest absolute Gasteiger partial charge is 0.481 e. The van der Waals surface area contributed by atoms with Gasteiger partial charge in [-0.1, -0.05) is 25.7 Å². The molecule has 1 heterocycles. The molecule has 0 amide bonds. The minimum absolute atomic E-state index is 0.463. The first-order valence-electron chi connectivity index (χ1n) is 8.86. The number of carboxylic acid groups (broad SMARTS) is 1. The number of carboxylic acids is 1. The van der Waals surface area contributed by atoms with Crippen LogP contribution < -0.4 is 0 Å². The van der Waals surface area contributed by atoms with Crippen LogP contribution in [-0.2, 0) is 4.79 Å². The summed E-state index contributed by atoms with van der Waals surface area (Å²) in [6.07, 6.45) is 9.20. The van der Waals surface area contributed by atoms with Crippen molar-refractivity contribution >= 4 is 5.97 Å². The number of rotatable bonds is 5. The molecule has 0 radical (unpaired) electrons. The minimum Gasteiger partial charge on any atom is -0.481 e. The first-order chi connectivity index (χ1) is 10.2. The lowest BCUT2D eigenvalue weighted by molar-refractivity contribution is -0.151. The topological polar surface area (TPSA) is 43.8 Å². The van der Waals surface area contributed by atoms with Crippen LogP contribution in [0.2, 0.25) is 0 Å². The summed E-state index contributed by atoms with van der Waals surface area (Å²) in [6.45, 7) is 6.43. The van der Waals surface area contributed by atoms with Crippen LogP contribution in [0.25, 0.3) is 0 Å². The summed E-state index contributed by atoms with van der Waals surface area (Å²) in [5.74, 6) is 0.411. The summed E-state index contributed by atoms with van der Waals surface area (Å²) in [4.78, 5) is 16.9. The zero-order chi connectivity index (χ0) is 14.7. The molecule has 0 atom stereocenters. The van der Waals surface area contributed by atoms with Crippen LogP contribution in [0, 0.1) is 11.3 Å². The number of aliphatic carboxylic acids is 1. The summed E-state index contributed by atoms with van der Waals surface area (Å²) in [7, 11) is 0. The van der Waals surface area contributed by atoms with Crippen LogP contribution in [-0.4, -0.2) is 60.1 Å². The molecule has 0 aromatic rings. The summed E-state index contributed by atoms with van der Waals surface area (Å²) in [5.41, 5.74) is -0.463. The molecule has 21 heavy (non-hydrogen) atoms. The SMILES string of the molecule is O=C(O)C1(CN2CCN(CC3CC3)CC2)CCCCCC1. The Morgan fingerprint density at radius 2 is 1.52 bits per heavy atom. The van der Waals surface area contributed by atoms with Crippen molar-refractivity contribution in [1.82, 2.24) is 9.80 Å². The summed E-state index contributed by atoms with van der Waals surface area (Å²) >= 11 is 0. The zero-order valence-electron chi connectivity index (χ0n) is 13.2. The molecule has 1 aliphatic heterocycles. The van der Waals surface area contributed by atoms with E-state index >= 15 is 0 Å². The Morgan fingerprint density at radius 3 is 2.05 bits per heavy atom. The van der Waals surface area contributed by atoms with Crippen molar-refractivity contribution in [3.8, 4) is 0 Å². The Kier molecular flexibility index (Phi) is 4.85. The van der Waals surface area contributed by atoms with Crippen LogP contribution in [0.15, 0.2) is 0 Å². The molecule has 4 nitrogen and oxygen atoms in total. The van der Waals surface area contributed by atoms with E-state index in [0.29, 0.717) is 0 Å². The molecule has 2 saturated carbocycles. The maximum Gasteiger partial charge on any atom is 0.310 e. The Morgan fingerprint density at radius 1 is 0.952 bits per heavy atom. The number of hydrogen-bond acceptors (Lipinski definition) is 3. The zero-order valence-corrected chi connectivity index (χ0v) is 13.2. The first-order valence-corrected chi connectivity index (χ1v) is 8.86. The lowest BCUT2D eigenvalue weighted by atomic mass is 9.79. The average Bonchev–Trinajstić information content (AvgIpc) is 3.29. The molecule has 4 heteroatoms. The Balaban J connectivity index is 1.52. The fraction of sp³-hybridized carbons (Fsp3) is 0.941. The minimum atomic E-state index is -0.551. The van der Waals surface area contributed by atoms with Gasteiger partial charge in [-0.05, 0) is 31.6 Å². The number of piperazine rings is 1. The quantitative estimate of drug-likeness (QED) is 0.791. The van der Waals surface area contributed by atoms with Crippen molar-refractivity contribution in [3.63, 3.8) is 0 Å². The van der Waals surface area contributed by atoms with Crippen LogP contribution in [0.3, 0.4) is 0 Å². The highest BCUT2D eigenvalue weighted by Crippen LogP contribution is 2.36. The molecule has 0 aromatic heterocycles. The van der Waals surface area contributed by atoms with E-state index in [4.69, 9.17) is 0 Å². The van der Waals surface area contributed by atoms with Crippen LogP contribution in [0.5, 0.6) is 0 Å². The second kappa shape index (κ2) is 6.66. The molecule has 0 aromatic carbocycles. The number of nitrogens with zero attached hydrogens (tertiary/aromatic N) is 2. The smallest absolute Gasteiger partial charge is 0.310 e. The monoisotopic (exact) mass is 294 g/mol. The molecule has 0 bridgehead atoms. The van der Waals surface area contributed by atoms with Gasteiger partial charge in [-0.3, -0.25) is 9.69 Å². The third-order valence-electron chi connectivity index (χ3n) is 5.72. The molecule has 1 saturated heterocycles. The van der Waals surface area contributed by atoms with Crippen molar-refractivity contribution in [2.24, 2.45) is 11.3 Å². The van der Waals surface area contributed by atoms with E-state index in [0.717, 1.165) is 64.3 Å². The molecule has 120 valence electrons. The van der Waals surface area contributed by atoms with Crippen LogP contribution in [0.4, 0.5) is 0 Å². The lowest BCUT2D eigenvalue weighted by Gasteiger charge is -2.39. The van der Waals surface area contributed by atoms with Gasteiger partial charge in [0.25, 0.3) is 0 Å². The molecule has 0 spiro atoms. The normalized spacial score (nSPS) is 28.2. The van der Waals surface area contributed by atoms with Gasteiger partial charge in [0.1, 0.15) is 0 Å². The maximum absolute atomic E-state index is 11.9. The van der Waals surface area contributed by atoms with Gasteiger partial charge in [-0.2, -0.15) is 0 Å². The van der Waals surface area contributed by atoms with Gasteiger partial charge >= 0.3 is 5.97 Å². The Bertz CT molecular complexity index is 352. The van der Waals surface area contributed by atoms with Crippen molar-refractivity contribution in [1.29, 1.82) is 0 Å². The van der Waals surface area contributed by atoms with Crippen LogP contribution >= 0.6 is 0 Å². The van der Waals surface area contributed by atoms with Crippen LogP contribution in [0.1, 0.15) is 51.4 Å². The molecule has 2 aliphatic carbocycles. The summed E-state index contributed by atoms with van der Waals surface area (Å²) in [6, 6.07) is 0. The van der Waals surface area contributed by atoms with E-state index in [1.54, 1.807) is 0 Å². The van der Waals surface area contributed by atoms with Gasteiger partial charge in [0.2, 0.25) is 0 Å². The number of hydrogen-bond donors (Lipinski definition) is 1. The Hall–Kier alpha value is -0.610. The standard InChI is InChI=1S/C17H30N2O2/c20-16(21)17(7-3-1-2-4-8-17)14-19-11-9-18(10-12-19)13-15-5-6-15/h15H,1-14H2,(H,20,21). The second-order valence-electron chi connectivity index (χ2n) is 7.52. The number of carbonyl (C=O) groups is 1. The predicted molar refractivity (Wildman–Crippen MR) is 83.4 cm³/mol. The van der Waals surface area contributed by atoms with Gasteiger partial charge in [0.05, 0.1) is 5.41 Å². The highest BCUT2D eigenvalue weighted by atomic mass is 16.4. The van der Waals surface area contributed by atoms with E-state index in [-0.39, 0.29) is 0 Å². The summed E-state index contributed by atoms with van der Waals surface area (Å²) in [5, 5.41) is 9.79. The van der Waals surface area contributed by atoms with Gasteiger partial charge < -0.3 is 10.0 Å². The molecule has 3 aliphatic rings. The molecule has 3 fully saturated rings. The molecule has 0 unspecified atom stereocenters. The van der Waals surface area contributed by atoms with Crippen molar-refractivity contribution < 1.29 is 9.90 Å². The van der Waals surface area contributed by atoms with E-state index < -0.39 is 11.4 Å². The third kappa shape index (κ3) is 3.98.